The van der Waals surface area contributed by atoms with Gasteiger partial charge in [-0.1, -0.05) is 24.3 Å². The summed E-state index contributed by atoms with van der Waals surface area (Å²) in [7, 11) is 0. The highest BCUT2D eigenvalue weighted by atomic mass is 16.6. The zero-order chi connectivity index (χ0) is 16.3. The van der Waals surface area contributed by atoms with Crippen molar-refractivity contribution in [2.24, 2.45) is 5.73 Å². The van der Waals surface area contributed by atoms with Gasteiger partial charge in [-0.3, -0.25) is 20.4 Å². The molecule has 0 aliphatic heterocycles. The summed E-state index contributed by atoms with van der Waals surface area (Å²) in [6, 6.07) is 11.5. The molecule has 0 amide bonds. The van der Waals surface area contributed by atoms with E-state index in [0.29, 0.717) is 0 Å². The van der Waals surface area contributed by atoms with Gasteiger partial charge in [0.05, 0.1) is 16.2 Å². The van der Waals surface area contributed by atoms with Crippen LogP contribution in [0, 0.1) is 15.5 Å². The number of carbonyl (C=O) groups is 1. The van der Waals surface area contributed by atoms with Crippen LogP contribution in [0.3, 0.4) is 0 Å². The molecule has 0 fully saturated rings. The third-order valence-corrected chi connectivity index (χ3v) is 2.94. The highest BCUT2D eigenvalue weighted by molar-refractivity contribution is 6.07. The molecule has 8 heteroatoms. The Morgan fingerprint density at radius 1 is 1.14 bits per heavy atom. The van der Waals surface area contributed by atoms with E-state index in [1.807, 2.05) is 0 Å². The average Bonchev–Trinajstić information content (AvgIpc) is 2.47. The number of anilines is 2. The van der Waals surface area contributed by atoms with Gasteiger partial charge in [0.1, 0.15) is 5.69 Å². The van der Waals surface area contributed by atoms with E-state index in [-0.39, 0.29) is 22.6 Å². The molecule has 112 valence electrons. The van der Waals surface area contributed by atoms with Crippen molar-refractivity contribution in [2.75, 3.05) is 4.90 Å². The molecule has 0 aliphatic rings. The van der Waals surface area contributed by atoms with Crippen LogP contribution >= 0.6 is 0 Å². The van der Waals surface area contributed by atoms with Crippen molar-refractivity contribution in [2.45, 2.75) is 0 Å². The fraction of sp³-hybridized carbons (Fsp3) is 0. The normalized spacial score (nSPS) is 10.0. The first-order valence-electron chi connectivity index (χ1n) is 6.13. The molecular formula is C14H12N4O4. The minimum Gasteiger partial charge on any atom is -0.478 e. The van der Waals surface area contributed by atoms with Crippen molar-refractivity contribution in [3.8, 4) is 0 Å². The first-order chi connectivity index (χ1) is 10.4. The number of aromatic carboxylic acids is 1. The lowest BCUT2D eigenvalue weighted by Gasteiger charge is -2.23. The number of hydrogen-bond donors (Lipinski definition) is 3. The van der Waals surface area contributed by atoms with Gasteiger partial charge in [0.25, 0.3) is 5.69 Å². The van der Waals surface area contributed by atoms with Crippen LogP contribution in [0.2, 0.25) is 0 Å². The molecule has 0 heterocycles. The molecule has 0 aromatic heterocycles. The summed E-state index contributed by atoms with van der Waals surface area (Å²) in [5.74, 6) is -1.75. The van der Waals surface area contributed by atoms with Crippen molar-refractivity contribution in [3.05, 3.63) is 64.2 Å². The van der Waals surface area contributed by atoms with Crippen molar-refractivity contribution in [1.82, 2.24) is 0 Å². The first kappa shape index (κ1) is 15.0. The van der Waals surface area contributed by atoms with Crippen LogP contribution in [0.4, 0.5) is 17.1 Å². The first-order valence-corrected chi connectivity index (χ1v) is 6.13. The number of guanidine groups is 1. The van der Waals surface area contributed by atoms with Crippen molar-refractivity contribution in [3.63, 3.8) is 0 Å². The Balaban J connectivity index is 2.71. The molecule has 0 atom stereocenters. The van der Waals surface area contributed by atoms with Crippen LogP contribution < -0.4 is 10.6 Å². The number of benzene rings is 2. The Morgan fingerprint density at radius 2 is 1.68 bits per heavy atom. The van der Waals surface area contributed by atoms with Crippen LogP contribution in [-0.2, 0) is 0 Å². The zero-order valence-corrected chi connectivity index (χ0v) is 11.3. The van der Waals surface area contributed by atoms with E-state index in [1.165, 1.54) is 36.4 Å². The predicted molar refractivity (Wildman–Crippen MR) is 80.6 cm³/mol. The fourth-order valence-corrected chi connectivity index (χ4v) is 2.05. The molecule has 0 radical (unpaired) electrons. The van der Waals surface area contributed by atoms with Gasteiger partial charge in [-0.05, 0) is 18.2 Å². The van der Waals surface area contributed by atoms with Crippen LogP contribution in [0.5, 0.6) is 0 Å². The van der Waals surface area contributed by atoms with Crippen LogP contribution in [-0.4, -0.2) is 22.0 Å². The van der Waals surface area contributed by atoms with E-state index in [1.54, 1.807) is 12.1 Å². The van der Waals surface area contributed by atoms with Gasteiger partial charge in [0, 0.05) is 6.07 Å². The Labute approximate surface area is 125 Å². The molecule has 0 aliphatic carbocycles. The molecule has 4 N–H and O–H groups in total. The van der Waals surface area contributed by atoms with Gasteiger partial charge in [-0.15, -0.1) is 0 Å². The van der Waals surface area contributed by atoms with Crippen LogP contribution in [0.1, 0.15) is 10.4 Å². The number of nitro benzene ring substituents is 1. The van der Waals surface area contributed by atoms with E-state index >= 15 is 0 Å². The number of nitrogens with two attached hydrogens (primary N) is 1. The molecular weight excluding hydrogens is 288 g/mol. The molecule has 2 rings (SSSR count). The van der Waals surface area contributed by atoms with Gasteiger partial charge < -0.3 is 10.8 Å². The number of carboxylic acid groups (broad SMARTS) is 1. The van der Waals surface area contributed by atoms with Gasteiger partial charge >= 0.3 is 5.97 Å². The third-order valence-electron chi connectivity index (χ3n) is 2.94. The SMILES string of the molecule is N=C(N)N(c1ccccc1C(=O)O)c1ccccc1[N+](=O)[O-]. The van der Waals surface area contributed by atoms with Gasteiger partial charge in [0.15, 0.2) is 5.96 Å². The summed E-state index contributed by atoms with van der Waals surface area (Å²) >= 11 is 0. The summed E-state index contributed by atoms with van der Waals surface area (Å²) in [5.41, 5.74) is 5.24. The Hall–Kier alpha value is -3.42. The standard InChI is InChI=1S/C14H12N4O4/c15-14(16)17(10-6-2-1-5-9(10)13(19)20)11-7-3-4-8-12(11)18(21)22/h1-8H,(H3,15,16)(H,19,20). The molecule has 22 heavy (non-hydrogen) atoms. The lowest BCUT2D eigenvalue weighted by Crippen LogP contribution is -2.33. The van der Waals surface area contributed by atoms with Gasteiger partial charge in [0.2, 0.25) is 0 Å². The van der Waals surface area contributed by atoms with Crippen molar-refractivity contribution >= 4 is 29.0 Å². The molecule has 8 nitrogen and oxygen atoms in total. The van der Waals surface area contributed by atoms with Crippen LogP contribution in [0.15, 0.2) is 48.5 Å². The average molecular weight is 300 g/mol. The second kappa shape index (κ2) is 5.92. The van der Waals surface area contributed by atoms with E-state index < -0.39 is 16.9 Å². The predicted octanol–water partition coefficient (Wildman–Crippen LogP) is 2.32. The minimum absolute atomic E-state index is 0.0219. The molecule has 0 spiro atoms. The number of nitrogens with one attached hydrogen (secondary N) is 1. The third kappa shape index (κ3) is 2.70. The highest BCUT2D eigenvalue weighted by Gasteiger charge is 2.25. The summed E-state index contributed by atoms with van der Waals surface area (Å²) in [6.07, 6.45) is 0. The fourth-order valence-electron chi connectivity index (χ4n) is 2.05. The lowest BCUT2D eigenvalue weighted by atomic mass is 10.1. The maximum atomic E-state index is 11.3. The minimum atomic E-state index is -1.22. The molecule has 2 aromatic rings. The number of hydrogen-bond acceptors (Lipinski definition) is 4. The van der Waals surface area contributed by atoms with E-state index in [0.717, 1.165) is 4.90 Å². The number of para-hydroxylation sites is 3. The number of carboxylic acids is 1. The monoisotopic (exact) mass is 300 g/mol. The number of nitrogens with zero attached hydrogens (tertiary/aromatic N) is 2. The molecule has 0 bridgehead atoms. The number of rotatable bonds is 4. The highest BCUT2D eigenvalue weighted by Crippen LogP contribution is 2.34. The van der Waals surface area contributed by atoms with Crippen LogP contribution in [0.25, 0.3) is 0 Å². The molecule has 0 unspecified atom stereocenters. The second-order valence-corrected chi connectivity index (χ2v) is 4.29. The lowest BCUT2D eigenvalue weighted by molar-refractivity contribution is -0.384. The summed E-state index contributed by atoms with van der Waals surface area (Å²) in [4.78, 5) is 22.9. The molecule has 0 saturated carbocycles. The van der Waals surface area contributed by atoms with Crippen molar-refractivity contribution in [1.29, 1.82) is 5.41 Å². The van der Waals surface area contributed by atoms with Crippen molar-refractivity contribution < 1.29 is 14.8 Å². The molecule has 0 saturated heterocycles. The summed E-state index contributed by atoms with van der Waals surface area (Å²) in [5, 5.41) is 28.1. The molecule has 2 aromatic carbocycles. The second-order valence-electron chi connectivity index (χ2n) is 4.29. The smallest absolute Gasteiger partial charge is 0.337 e. The Kier molecular flexibility index (Phi) is 4.03. The Morgan fingerprint density at radius 3 is 2.23 bits per heavy atom. The number of nitro groups is 1. The quantitative estimate of drug-likeness (QED) is 0.343. The zero-order valence-electron chi connectivity index (χ0n) is 11.3. The van der Waals surface area contributed by atoms with Gasteiger partial charge in [-0.2, -0.15) is 0 Å². The van der Waals surface area contributed by atoms with E-state index in [2.05, 4.69) is 0 Å². The van der Waals surface area contributed by atoms with E-state index in [9.17, 15) is 20.0 Å². The summed E-state index contributed by atoms with van der Waals surface area (Å²) < 4.78 is 0. The summed E-state index contributed by atoms with van der Waals surface area (Å²) in [6.45, 7) is 0. The Bertz CT molecular complexity index is 703. The van der Waals surface area contributed by atoms with E-state index in [4.69, 9.17) is 11.1 Å². The largest absolute Gasteiger partial charge is 0.478 e. The van der Waals surface area contributed by atoms with Gasteiger partial charge in [-0.25, -0.2) is 4.79 Å². The maximum Gasteiger partial charge on any atom is 0.337 e. The topological polar surface area (TPSA) is 134 Å². The maximum absolute atomic E-state index is 11.3.